The highest BCUT2D eigenvalue weighted by molar-refractivity contribution is 5.75. The molecular formula is C16H21F2NO5. The van der Waals surface area contributed by atoms with Gasteiger partial charge in [-0.25, -0.2) is 13.6 Å². The molecule has 2 unspecified atom stereocenters. The molecule has 0 aliphatic carbocycles. The summed E-state index contributed by atoms with van der Waals surface area (Å²) >= 11 is 0. The summed E-state index contributed by atoms with van der Waals surface area (Å²) in [6, 6.07) is 1.31. The van der Waals surface area contributed by atoms with Gasteiger partial charge < -0.3 is 20.3 Å². The first kappa shape index (κ1) is 20.0. The van der Waals surface area contributed by atoms with Gasteiger partial charge in [0.05, 0.1) is 11.7 Å². The Morgan fingerprint density at radius 3 is 2.46 bits per heavy atom. The van der Waals surface area contributed by atoms with E-state index in [0.717, 1.165) is 0 Å². The maximum Gasteiger partial charge on any atom is 0.407 e. The Bertz CT molecular complexity index is 601. The van der Waals surface area contributed by atoms with Gasteiger partial charge in [-0.3, -0.25) is 4.79 Å². The molecule has 0 spiro atoms. The molecule has 1 amide bonds. The molecule has 0 heterocycles. The van der Waals surface area contributed by atoms with E-state index in [4.69, 9.17) is 4.74 Å². The summed E-state index contributed by atoms with van der Waals surface area (Å²) in [4.78, 5) is 22.0. The number of alkyl carbamates (subject to hydrolysis) is 1. The Balaban J connectivity index is 2.62. The van der Waals surface area contributed by atoms with E-state index in [9.17, 15) is 28.6 Å². The number of aliphatic hydroxyl groups is 2. The van der Waals surface area contributed by atoms with Crippen LogP contribution in [0.25, 0.3) is 0 Å². The lowest BCUT2D eigenvalue weighted by atomic mass is 10.00. The van der Waals surface area contributed by atoms with Crippen LogP contribution in [0.15, 0.2) is 12.1 Å². The number of halogens is 2. The van der Waals surface area contributed by atoms with Gasteiger partial charge in [-0.1, -0.05) is 0 Å². The van der Waals surface area contributed by atoms with Gasteiger partial charge in [-0.05, 0) is 39.3 Å². The lowest BCUT2D eigenvalue weighted by molar-refractivity contribution is 0.0102. The van der Waals surface area contributed by atoms with Crippen LogP contribution in [0.2, 0.25) is 0 Å². The molecule has 1 aromatic rings. The number of carbonyl (C=O) groups is 2. The summed E-state index contributed by atoms with van der Waals surface area (Å²) in [5.41, 5.74) is -1.63. The van der Waals surface area contributed by atoms with Crippen molar-refractivity contribution in [3.63, 3.8) is 0 Å². The second-order valence-electron chi connectivity index (χ2n) is 6.24. The minimum Gasteiger partial charge on any atom is -0.444 e. The van der Waals surface area contributed by atoms with Crippen LogP contribution >= 0.6 is 0 Å². The third-order valence-electron chi connectivity index (χ3n) is 3.03. The van der Waals surface area contributed by atoms with Crippen molar-refractivity contribution >= 4 is 12.4 Å². The van der Waals surface area contributed by atoms with Crippen LogP contribution in [0.4, 0.5) is 13.6 Å². The molecule has 0 aliphatic rings. The Labute approximate surface area is 138 Å². The molecule has 0 radical (unpaired) electrons. The highest BCUT2D eigenvalue weighted by Gasteiger charge is 2.24. The average Bonchev–Trinajstić information content (AvgIpc) is 2.46. The molecule has 3 N–H and O–H groups in total. The molecule has 0 aliphatic heterocycles. The number of rotatable bonds is 6. The second-order valence-corrected chi connectivity index (χ2v) is 6.24. The Kier molecular flexibility index (Phi) is 6.80. The molecule has 0 aromatic heterocycles. The van der Waals surface area contributed by atoms with Gasteiger partial charge in [0.2, 0.25) is 0 Å². The molecule has 1 rings (SSSR count). The van der Waals surface area contributed by atoms with Crippen LogP contribution in [0, 0.1) is 11.6 Å². The van der Waals surface area contributed by atoms with Crippen LogP contribution < -0.4 is 5.32 Å². The molecule has 8 heteroatoms. The summed E-state index contributed by atoms with van der Waals surface area (Å²) in [5, 5.41) is 22.2. The number of ether oxygens (including phenoxy) is 1. The lowest BCUT2D eigenvalue weighted by Crippen LogP contribution is -2.34. The van der Waals surface area contributed by atoms with E-state index in [1.54, 1.807) is 20.8 Å². The topological polar surface area (TPSA) is 95.9 Å². The maximum absolute atomic E-state index is 13.8. The van der Waals surface area contributed by atoms with E-state index < -0.39 is 46.7 Å². The summed E-state index contributed by atoms with van der Waals surface area (Å²) < 4.78 is 32.3. The van der Waals surface area contributed by atoms with E-state index in [0.29, 0.717) is 12.1 Å². The van der Waals surface area contributed by atoms with E-state index in [1.165, 1.54) is 0 Å². The van der Waals surface area contributed by atoms with Crippen molar-refractivity contribution in [2.24, 2.45) is 0 Å². The third-order valence-corrected chi connectivity index (χ3v) is 3.03. The quantitative estimate of drug-likeness (QED) is 0.686. The molecule has 0 saturated heterocycles. The van der Waals surface area contributed by atoms with Gasteiger partial charge in [0.1, 0.15) is 23.3 Å². The lowest BCUT2D eigenvalue weighted by Gasteiger charge is -2.21. The van der Waals surface area contributed by atoms with Gasteiger partial charge >= 0.3 is 6.09 Å². The summed E-state index contributed by atoms with van der Waals surface area (Å²) in [6.07, 6.45) is -3.82. The number of aldehydes is 1. The van der Waals surface area contributed by atoms with Crippen molar-refractivity contribution in [3.8, 4) is 0 Å². The fraction of sp³-hybridized carbons (Fsp3) is 0.500. The number of carbonyl (C=O) groups excluding carboxylic acids is 2. The van der Waals surface area contributed by atoms with Crippen LogP contribution in [0.5, 0.6) is 0 Å². The first-order valence-corrected chi connectivity index (χ1v) is 7.32. The summed E-state index contributed by atoms with van der Waals surface area (Å²) in [6.45, 7) is 5.02. The molecule has 0 bridgehead atoms. The van der Waals surface area contributed by atoms with E-state index >= 15 is 0 Å². The summed E-state index contributed by atoms with van der Waals surface area (Å²) in [5.74, 6) is -2.01. The first-order valence-electron chi connectivity index (χ1n) is 7.32. The molecular weight excluding hydrogens is 324 g/mol. The number of hydrogen-bond acceptors (Lipinski definition) is 5. The van der Waals surface area contributed by atoms with Gasteiger partial charge in [-0.2, -0.15) is 0 Å². The van der Waals surface area contributed by atoms with Crippen molar-refractivity contribution < 1.29 is 33.3 Å². The maximum atomic E-state index is 13.8. The van der Waals surface area contributed by atoms with Crippen molar-refractivity contribution in [2.75, 3.05) is 6.54 Å². The van der Waals surface area contributed by atoms with Gasteiger partial charge in [0, 0.05) is 12.1 Å². The van der Waals surface area contributed by atoms with Gasteiger partial charge in [-0.15, -0.1) is 0 Å². The fourth-order valence-corrected chi connectivity index (χ4v) is 1.90. The number of hydrogen-bond donors (Lipinski definition) is 3. The molecule has 2 atom stereocenters. The van der Waals surface area contributed by atoms with Crippen molar-refractivity contribution in [1.82, 2.24) is 5.32 Å². The molecule has 134 valence electrons. The highest BCUT2D eigenvalue weighted by atomic mass is 19.1. The van der Waals surface area contributed by atoms with E-state index in [2.05, 4.69) is 5.32 Å². The average molecular weight is 345 g/mol. The zero-order valence-electron chi connectivity index (χ0n) is 13.7. The van der Waals surface area contributed by atoms with Crippen LogP contribution in [-0.4, -0.2) is 40.8 Å². The number of amides is 1. The smallest absolute Gasteiger partial charge is 0.407 e. The van der Waals surface area contributed by atoms with E-state index in [-0.39, 0.29) is 19.3 Å². The minimum absolute atomic E-state index is 0.0380. The SMILES string of the molecule is CC(C)(C)OC(=O)NCCC(O)C(O)c1cc(F)c(C=O)cc1F. The first-order chi connectivity index (χ1) is 11.0. The van der Waals surface area contributed by atoms with Crippen LogP contribution in [-0.2, 0) is 4.74 Å². The van der Waals surface area contributed by atoms with Crippen molar-refractivity contribution in [3.05, 3.63) is 34.9 Å². The van der Waals surface area contributed by atoms with Crippen LogP contribution in [0.3, 0.4) is 0 Å². The Morgan fingerprint density at radius 1 is 1.29 bits per heavy atom. The molecule has 1 aromatic carbocycles. The molecule has 0 saturated carbocycles. The zero-order valence-corrected chi connectivity index (χ0v) is 13.7. The fourth-order valence-electron chi connectivity index (χ4n) is 1.90. The zero-order chi connectivity index (χ0) is 18.5. The Morgan fingerprint density at radius 2 is 1.92 bits per heavy atom. The Hall–Kier alpha value is -2.06. The molecule has 6 nitrogen and oxygen atoms in total. The predicted molar refractivity (Wildman–Crippen MR) is 81.6 cm³/mol. The number of nitrogens with one attached hydrogen (secondary N) is 1. The van der Waals surface area contributed by atoms with Crippen LogP contribution in [0.1, 0.15) is 49.2 Å². The summed E-state index contributed by atoms with van der Waals surface area (Å²) in [7, 11) is 0. The number of benzene rings is 1. The monoisotopic (exact) mass is 345 g/mol. The van der Waals surface area contributed by atoms with Gasteiger partial charge in [0.15, 0.2) is 6.29 Å². The normalized spacial score (nSPS) is 14.0. The molecule has 24 heavy (non-hydrogen) atoms. The highest BCUT2D eigenvalue weighted by Crippen LogP contribution is 2.24. The second kappa shape index (κ2) is 8.16. The molecule has 0 fully saturated rings. The van der Waals surface area contributed by atoms with Gasteiger partial charge in [0.25, 0.3) is 0 Å². The van der Waals surface area contributed by atoms with E-state index in [1.807, 2.05) is 0 Å². The third kappa shape index (κ3) is 5.86. The van der Waals surface area contributed by atoms with Crippen molar-refractivity contribution in [2.45, 2.75) is 45.0 Å². The number of aliphatic hydroxyl groups excluding tert-OH is 2. The minimum atomic E-state index is -1.71. The predicted octanol–water partition coefficient (Wildman–Crippen LogP) is 2.09. The largest absolute Gasteiger partial charge is 0.444 e. The standard InChI is InChI=1S/C16H21F2NO5/c1-16(2,3)24-15(23)19-5-4-13(21)14(22)10-7-11(17)9(8-20)6-12(10)18/h6-8,13-14,21-22H,4-5H2,1-3H3,(H,19,23). The van der Waals surface area contributed by atoms with Crippen molar-refractivity contribution in [1.29, 1.82) is 0 Å².